The van der Waals surface area contributed by atoms with Crippen molar-refractivity contribution in [3.05, 3.63) is 0 Å². The minimum absolute atomic E-state index is 0.743. The zero-order valence-electron chi connectivity index (χ0n) is 11.8. The van der Waals surface area contributed by atoms with Gasteiger partial charge in [0.2, 0.25) is 0 Å². The van der Waals surface area contributed by atoms with E-state index < -0.39 is 0 Å². The zero-order valence-corrected chi connectivity index (χ0v) is 11.8. The summed E-state index contributed by atoms with van der Waals surface area (Å²) in [6, 6.07) is 2.29. The second kappa shape index (κ2) is 6.17. The fourth-order valence-corrected chi connectivity index (χ4v) is 3.32. The number of hydrogen-bond acceptors (Lipinski definition) is 3. The lowest BCUT2D eigenvalue weighted by Crippen LogP contribution is -2.48. The van der Waals surface area contributed by atoms with Gasteiger partial charge in [-0.05, 0) is 59.3 Å². The third kappa shape index (κ3) is 3.43. The Labute approximate surface area is 107 Å². The minimum atomic E-state index is 0.743. The highest BCUT2D eigenvalue weighted by Crippen LogP contribution is 2.18. The molecule has 0 radical (unpaired) electrons. The van der Waals surface area contributed by atoms with Crippen LogP contribution in [0.2, 0.25) is 0 Å². The number of nitrogens with one attached hydrogen (secondary N) is 1. The average molecular weight is 239 g/mol. The van der Waals surface area contributed by atoms with Crippen LogP contribution in [0.15, 0.2) is 0 Å². The van der Waals surface area contributed by atoms with Gasteiger partial charge in [-0.3, -0.25) is 4.90 Å². The number of nitrogens with zero attached hydrogens (tertiary/aromatic N) is 2. The number of rotatable bonds is 4. The molecule has 0 spiro atoms. The van der Waals surface area contributed by atoms with Gasteiger partial charge in [0.1, 0.15) is 0 Å². The average Bonchev–Trinajstić information content (AvgIpc) is 2.78. The Kier molecular flexibility index (Phi) is 4.83. The first kappa shape index (κ1) is 13.3. The van der Waals surface area contributed by atoms with Crippen molar-refractivity contribution in [1.29, 1.82) is 0 Å². The minimum Gasteiger partial charge on any atom is -0.312 e. The van der Waals surface area contributed by atoms with Crippen LogP contribution in [0.3, 0.4) is 0 Å². The van der Waals surface area contributed by atoms with Gasteiger partial charge in [-0.25, -0.2) is 0 Å². The summed E-state index contributed by atoms with van der Waals surface area (Å²) in [5.74, 6) is 0. The standard InChI is InChI=1S/C14H29N3/c1-4-17-8-5-6-14(17)11-15-13-7-9-16(3)12(2)10-13/h12-15H,4-11H2,1-3H3. The van der Waals surface area contributed by atoms with Crippen molar-refractivity contribution in [2.24, 2.45) is 0 Å². The highest BCUT2D eigenvalue weighted by molar-refractivity contribution is 4.85. The van der Waals surface area contributed by atoms with E-state index in [-0.39, 0.29) is 0 Å². The molecule has 2 aliphatic rings. The lowest BCUT2D eigenvalue weighted by atomic mass is 9.98. The Morgan fingerprint density at radius 3 is 2.76 bits per heavy atom. The summed E-state index contributed by atoms with van der Waals surface area (Å²) in [6.07, 6.45) is 5.42. The second-order valence-electron chi connectivity index (χ2n) is 5.88. The zero-order chi connectivity index (χ0) is 12.3. The van der Waals surface area contributed by atoms with Crippen molar-refractivity contribution >= 4 is 0 Å². The number of likely N-dealkylation sites (tertiary alicyclic amines) is 2. The maximum Gasteiger partial charge on any atom is 0.0221 e. The van der Waals surface area contributed by atoms with Gasteiger partial charge in [0.25, 0.3) is 0 Å². The van der Waals surface area contributed by atoms with E-state index in [1.165, 1.54) is 51.9 Å². The first-order valence-electron chi connectivity index (χ1n) is 7.38. The number of likely N-dealkylation sites (N-methyl/N-ethyl adjacent to an activating group) is 1. The van der Waals surface area contributed by atoms with Crippen LogP contribution in [0, 0.1) is 0 Å². The van der Waals surface area contributed by atoms with E-state index in [9.17, 15) is 0 Å². The highest BCUT2D eigenvalue weighted by Gasteiger charge is 2.26. The fraction of sp³-hybridized carbons (Fsp3) is 1.00. The van der Waals surface area contributed by atoms with Gasteiger partial charge in [0.05, 0.1) is 0 Å². The molecular formula is C14H29N3. The normalized spacial score (nSPS) is 36.5. The predicted octanol–water partition coefficient (Wildman–Crippen LogP) is 1.54. The van der Waals surface area contributed by atoms with Crippen LogP contribution >= 0.6 is 0 Å². The van der Waals surface area contributed by atoms with Crippen molar-refractivity contribution in [3.63, 3.8) is 0 Å². The van der Waals surface area contributed by atoms with E-state index in [1.54, 1.807) is 0 Å². The van der Waals surface area contributed by atoms with E-state index in [0.717, 1.165) is 18.1 Å². The molecule has 0 aromatic carbocycles. The van der Waals surface area contributed by atoms with Crippen molar-refractivity contribution in [3.8, 4) is 0 Å². The Morgan fingerprint density at radius 2 is 2.06 bits per heavy atom. The summed E-state index contributed by atoms with van der Waals surface area (Å²) in [4.78, 5) is 5.11. The molecule has 3 atom stereocenters. The van der Waals surface area contributed by atoms with Crippen molar-refractivity contribution < 1.29 is 0 Å². The van der Waals surface area contributed by atoms with Crippen LogP contribution in [0.25, 0.3) is 0 Å². The molecule has 0 aromatic heterocycles. The maximum atomic E-state index is 3.81. The second-order valence-corrected chi connectivity index (χ2v) is 5.88. The molecule has 0 saturated carbocycles. The molecule has 0 aromatic rings. The van der Waals surface area contributed by atoms with E-state index in [2.05, 4.69) is 36.0 Å². The lowest BCUT2D eigenvalue weighted by molar-refractivity contribution is 0.161. The summed E-state index contributed by atoms with van der Waals surface area (Å²) < 4.78 is 0. The quantitative estimate of drug-likeness (QED) is 0.803. The summed E-state index contributed by atoms with van der Waals surface area (Å²) in [6.45, 7) is 9.62. The smallest absolute Gasteiger partial charge is 0.0221 e. The lowest BCUT2D eigenvalue weighted by Gasteiger charge is -2.36. The summed E-state index contributed by atoms with van der Waals surface area (Å²) in [7, 11) is 2.25. The molecule has 0 bridgehead atoms. The monoisotopic (exact) mass is 239 g/mol. The van der Waals surface area contributed by atoms with Gasteiger partial charge in [0, 0.05) is 24.7 Å². The fourth-order valence-electron chi connectivity index (χ4n) is 3.32. The van der Waals surface area contributed by atoms with Gasteiger partial charge in [-0.1, -0.05) is 6.92 Å². The molecule has 2 heterocycles. The Bertz CT molecular complexity index is 232. The topological polar surface area (TPSA) is 18.5 Å². The predicted molar refractivity (Wildman–Crippen MR) is 73.4 cm³/mol. The van der Waals surface area contributed by atoms with Gasteiger partial charge in [-0.15, -0.1) is 0 Å². The van der Waals surface area contributed by atoms with E-state index >= 15 is 0 Å². The molecule has 2 saturated heterocycles. The van der Waals surface area contributed by atoms with Crippen LogP contribution in [0.5, 0.6) is 0 Å². The highest BCUT2D eigenvalue weighted by atomic mass is 15.2. The molecular weight excluding hydrogens is 210 g/mol. The van der Waals surface area contributed by atoms with E-state index in [0.29, 0.717) is 0 Å². The van der Waals surface area contributed by atoms with Gasteiger partial charge < -0.3 is 10.2 Å². The largest absolute Gasteiger partial charge is 0.312 e. The summed E-state index contributed by atoms with van der Waals surface area (Å²) >= 11 is 0. The van der Waals surface area contributed by atoms with E-state index in [1.807, 2.05) is 0 Å². The van der Waals surface area contributed by atoms with Crippen LogP contribution in [-0.2, 0) is 0 Å². The molecule has 100 valence electrons. The van der Waals surface area contributed by atoms with Crippen molar-refractivity contribution in [2.45, 2.75) is 57.7 Å². The van der Waals surface area contributed by atoms with Gasteiger partial charge >= 0.3 is 0 Å². The van der Waals surface area contributed by atoms with Gasteiger partial charge in [0.15, 0.2) is 0 Å². The molecule has 0 amide bonds. The van der Waals surface area contributed by atoms with Crippen LogP contribution < -0.4 is 5.32 Å². The molecule has 3 unspecified atom stereocenters. The van der Waals surface area contributed by atoms with Crippen molar-refractivity contribution in [1.82, 2.24) is 15.1 Å². The summed E-state index contributed by atoms with van der Waals surface area (Å²) in [5, 5.41) is 3.81. The Hall–Kier alpha value is -0.120. The van der Waals surface area contributed by atoms with Crippen LogP contribution in [0.4, 0.5) is 0 Å². The third-order valence-electron chi connectivity index (χ3n) is 4.76. The molecule has 3 nitrogen and oxygen atoms in total. The molecule has 2 fully saturated rings. The third-order valence-corrected chi connectivity index (χ3v) is 4.76. The van der Waals surface area contributed by atoms with Crippen LogP contribution in [0.1, 0.15) is 39.5 Å². The van der Waals surface area contributed by atoms with E-state index in [4.69, 9.17) is 0 Å². The first-order chi connectivity index (χ1) is 8.20. The molecule has 2 aliphatic heterocycles. The Morgan fingerprint density at radius 1 is 1.24 bits per heavy atom. The molecule has 3 heteroatoms. The Balaban J connectivity index is 1.71. The molecule has 17 heavy (non-hydrogen) atoms. The van der Waals surface area contributed by atoms with Gasteiger partial charge in [-0.2, -0.15) is 0 Å². The number of hydrogen-bond donors (Lipinski definition) is 1. The maximum absolute atomic E-state index is 3.81. The van der Waals surface area contributed by atoms with Crippen molar-refractivity contribution in [2.75, 3.05) is 33.2 Å². The number of piperidine rings is 1. The summed E-state index contributed by atoms with van der Waals surface area (Å²) in [5.41, 5.74) is 0. The molecule has 0 aliphatic carbocycles. The molecule has 2 rings (SSSR count). The first-order valence-corrected chi connectivity index (χ1v) is 7.38. The molecule has 1 N–H and O–H groups in total. The SMILES string of the molecule is CCN1CCCC1CNC1CCN(C)C(C)C1. The van der Waals surface area contributed by atoms with Crippen LogP contribution in [-0.4, -0.2) is 61.2 Å².